The predicted molar refractivity (Wildman–Crippen MR) is 85.2 cm³/mol. The summed E-state index contributed by atoms with van der Waals surface area (Å²) in [6.07, 6.45) is 0. The zero-order chi connectivity index (χ0) is 20.1. The Hall–Kier alpha value is -2.74. The Bertz CT molecular complexity index is 1380. The summed E-state index contributed by atoms with van der Waals surface area (Å²) >= 11 is 0. The summed E-state index contributed by atoms with van der Waals surface area (Å²) in [6, 6.07) is 1.61. The highest BCUT2D eigenvalue weighted by molar-refractivity contribution is 6.21. The average molecular weight is 264 g/mol. The van der Waals surface area contributed by atoms with Gasteiger partial charge >= 0.3 is 0 Å². The largest absolute Gasteiger partial charge is 0.353 e. The predicted octanol–water partition coefficient (Wildman–Crippen LogP) is 4.96. The van der Waals surface area contributed by atoms with Crippen LogP contribution in [0.3, 0.4) is 0 Å². The third-order valence-electron chi connectivity index (χ3n) is 3.59. The summed E-state index contributed by atoms with van der Waals surface area (Å²) in [5.41, 5.74) is 1.50. The lowest BCUT2D eigenvalue weighted by molar-refractivity contribution is 1.51. The van der Waals surface area contributed by atoms with Crippen LogP contribution in [0.25, 0.3) is 43.6 Å². The molecule has 0 aliphatic heterocycles. The number of aromatic amines is 2. The molecule has 0 bridgehead atoms. The van der Waals surface area contributed by atoms with Crippen LogP contribution < -0.4 is 0 Å². The minimum atomic E-state index is -0.226. The van der Waals surface area contributed by atoms with E-state index in [-0.39, 0.29) is 48.3 Å². The van der Waals surface area contributed by atoms with Gasteiger partial charge in [-0.2, -0.15) is 0 Å². The van der Waals surface area contributed by atoms with Crippen LogP contribution in [0.4, 0.5) is 0 Å². The van der Waals surface area contributed by atoms with Crippen molar-refractivity contribution in [3.63, 3.8) is 0 Å². The molecule has 2 aromatic heterocycles. The molecule has 0 atom stereocenters. The molecule has 2 nitrogen and oxygen atoms in total. The molecule has 2 heteroatoms. The second kappa shape index (κ2) is 3.42. The number of hydrogen-bond donors (Lipinski definition) is 2. The van der Waals surface area contributed by atoms with Crippen molar-refractivity contribution in [2.45, 2.75) is 0 Å². The van der Waals surface area contributed by atoms with Crippen LogP contribution in [-0.4, -0.2) is 9.97 Å². The summed E-state index contributed by atoms with van der Waals surface area (Å²) in [7, 11) is 0. The van der Waals surface area contributed by atoms with Gasteiger partial charge in [-0.3, -0.25) is 0 Å². The summed E-state index contributed by atoms with van der Waals surface area (Å²) in [6.45, 7) is 0. The molecule has 5 rings (SSSR count). The van der Waals surface area contributed by atoms with E-state index in [9.17, 15) is 0 Å². The molecule has 0 fully saturated rings. The molecule has 0 aliphatic carbocycles. The van der Waals surface area contributed by atoms with Gasteiger partial charge in [-0.05, 0) is 12.1 Å². The maximum Gasteiger partial charge on any atom is 0.0710 e. The fourth-order valence-electron chi connectivity index (χ4n) is 2.69. The van der Waals surface area contributed by atoms with Gasteiger partial charge in [0.15, 0.2) is 0 Å². The van der Waals surface area contributed by atoms with Crippen LogP contribution in [-0.2, 0) is 0 Å². The van der Waals surface area contributed by atoms with Gasteiger partial charge in [0.2, 0.25) is 0 Å². The molecule has 2 N–H and O–H groups in total. The maximum absolute atomic E-state index is 8.51. The molecule has 0 amide bonds. The molecule has 0 saturated heterocycles. The Morgan fingerprint density at radius 2 is 1.10 bits per heavy atom. The number of nitrogens with one attached hydrogen (secondary N) is 2. The van der Waals surface area contributed by atoms with Crippen LogP contribution >= 0.6 is 0 Å². The quantitative estimate of drug-likeness (QED) is 0.396. The van der Waals surface area contributed by atoms with Crippen molar-refractivity contribution in [2.75, 3.05) is 0 Å². The Labute approximate surface area is 126 Å². The first kappa shape index (κ1) is 5.33. The molecule has 5 aromatic rings. The van der Waals surface area contributed by atoms with Gasteiger partial charge < -0.3 is 9.97 Å². The van der Waals surface area contributed by atoms with E-state index < -0.39 is 0 Å². The summed E-state index contributed by atoms with van der Waals surface area (Å²) < 4.78 is 64.9. The fourth-order valence-corrected chi connectivity index (χ4v) is 2.69. The van der Waals surface area contributed by atoms with Gasteiger partial charge in [0.05, 0.1) is 22.0 Å². The van der Waals surface area contributed by atoms with E-state index in [1.807, 2.05) is 0 Å². The van der Waals surface area contributed by atoms with E-state index in [0.717, 1.165) is 0 Å². The van der Waals surface area contributed by atoms with Crippen LogP contribution in [0.1, 0.15) is 11.0 Å². The topological polar surface area (TPSA) is 31.6 Å². The molecule has 0 spiro atoms. The summed E-state index contributed by atoms with van der Waals surface area (Å²) in [4.78, 5) is 6.11. The Balaban J connectivity index is 2.12. The monoisotopic (exact) mass is 264 g/mol. The zero-order valence-corrected chi connectivity index (χ0v) is 10.2. The number of fused-ring (bicyclic) bond motifs is 7. The fraction of sp³-hybridized carbons (Fsp3) is 0. The number of para-hydroxylation sites is 2. The molecule has 0 unspecified atom stereocenters. The van der Waals surface area contributed by atoms with Crippen molar-refractivity contribution in [1.82, 2.24) is 9.97 Å². The van der Waals surface area contributed by atoms with Crippen molar-refractivity contribution < 1.29 is 11.0 Å². The molecule has 0 radical (unpaired) electrons. The van der Waals surface area contributed by atoms with Crippen LogP contribution in [0.5, 0.6) is 0 Å². The van der Waals surface area contributed by atoms with Gasteiger partial charge in [-0.25, -0.2) is 0 Å². The Morgan fingerprint density at radius 1 is 0.600 bits per heavy atom. The Morgan fingerprint density at radius 3 is 1.60 bits per heavy atom. The Kier molecular flexibility index (Phi) is 0.912. The van der Waals surface area contributed by atoms with Crippen LogP contribution in [0.15, 0.2) is 60.5 Å². The van der Waals surface area contributed by atoms with Gasteiger partial charge in [0.1, 0.15) is 0 Å². The van der Waals surface area contributed by atoms with Crippen LogP contribution in [0.2, 0.25) is 0 Å². The number of benzene rings is 3. The second-order valence-electron chi connectivity index (χ2n) is 4.65. The van der Waals surface area contributed by atoms with Gasteiger partial charge in [0, 0.05) is 32.6 Å². The first-order chi connectivity index (χ1) is 13.2. The molecule has 2 heterocycles. The summed E-state index contributed by atoms with van der Waals surface area (Å²) in [5.74, 6) is 0. The lowest BCUT2D eigenvalue weighted by atomic mass is 10.1. The number of hydrogen-bond acceptors (Lipinski definition) is 0. The minimum absolute atomic E-state index is 0.0980. The van der Waals surface area contributed by atoms with Crippen molar-refractivity contribution in [3.05, 3.63) is 60.5 Å². The summed E-state index contributed by atoms with van der Waals surface area (Å²) in [5, 5.41) is 1.58. The van der Waals surface area contributed by atoms with E-state index in [4.69, 9.17) is 11.0 Å². The number of aromatic nitrogens is 2. The highest BCUT2D eigenvalue weighted by Crippen LogP contribution is 2.34. The first-order valence-electron chi connectivity index (χ1n) is 10.2. The van der Waals surface area contributed by atoms with E-state index in [2.05, 4.69) is 9.97 Å². The number of H-pyrrole nitrogens is 2. The van der Waals surface area contributed by atoms with Gasteiger partial charge in [-0.15, -0.1) is 0 Å². The van der Waals surface area contributed by atoms with Gasteiger partial charge in [0.25, 0.3) is 0 Å². The third-order valence-corrected chi connectivity index (χ3v) is 3.59. The van der Waals surface area contributed by atoms with Crippen LogP contribution in [0, 0.1) is 0 Å². The number of rotatable bonds is 0. The molecule has 94 valence electrons. The molecule has 0 aliphatic rings. The van der Waals surface area contributed by atoms with E-state index in [1.54, 1.807) is 0 Å². The van der Waals surface area contributed by atoms with E-state index in [1.165, 1.54) is 12.1 Å². The first-order valence-corrected chi connectivity index (χ1v) is 6.15. The highest BCUT2D eigenvalue weighted by atomic mass is 14.8. The van der Waals surface area contributed by atoms with Crippen molar-refractivity contribution >= 4 is 43.6 Å². The van der Waals surface area contributed by atoms with Gasteiger partial charge in [-0.1, -0.05) is 48.4 Å². The van der Waals surface area contributed by atoms with Crippen molar-refractivity contribution in [3.8, 4) is 0 Å². The highest BCUT2D eigenvalue weighted by Gasteiger charge is 2.10. The SMILES string of the molecule is [2H]c1cc2c([nH]c3c4[nH]c5c([2H])c([2H])c([2H])cc5c4c([2H])c([2H])c23)c([2H])c1[2H]. The zero-order valence-electron chi connectivity index (χ0n) is 18.2. The maximum atomic E-state index is 8.51. The van der Waals surface area contributed by atoms with E-state index in [0.29, 0.717) is 43.6 Å². The van der Waals surface area contributed by atoms with E-state index >= 15 is 0 Å². The molecular weight excluding hydrogens is 244 g/mol. The van der Waals surface area contributed by atoms with Crippen molar-refractivity contribution in [1.29, 1.82) is 0 Å². The molecular formula is C18H12N2. The smallest absolute Gasteiger partial charge is 0.0710 e. The standard InChI is InChI=1S/C18H12N2/c1-3-7-15-11(5-1)13-9-10-14-12-6-2-4-8-16(12)20-18(14)17(13)19-15/h1-10,19-20H/i1D,2D,3D,4D,7D,8D,9D,10D. The third kappa shape index (κ3) is 1.14. The molecule has 20 heavy (non-hydrogen) atoms. The molecule has 3 aromatic carbocycles. The average Bonchev–Trinajstić information content (AvgIpc) is 3.22. The van der Waals surface area contributed by atoms with Crippen molar-refractivity contribution in [2.24, 2.45) is 0 Å². The lowest BCUT2D eigenvalue weighted by Crippen LogP contribution is -1.72. The minimum Gasteiger partial charge on any atom is -0.353 e. The second-order valence-corrected chi connectivity index (χ2v) is 4.65. The lowest BCUT2D eigenvalue weighted by Gasteiger charge is -1.94. The molecule has 0 saturated carbocycles. The normalized spacial score (nSPS) is 17.6.